The largest absolute Gasteiger partial charge is 0.507 e. The van der Waals surface area contributed by atoms with Crippen LogP contribution in [0.5, 0.6) is 5.75 Å². The summed E-state index contributed by atoms with van der Waals surface area (Å²) < 4.78 is 0. The second-order valence-electron chi connectivity index (χ2n) is 6.15. The summed E-state index contributed by atoms with van der Waals surface area (Å²) in [6, 6.07) is 10.2. The van der Waals surface area contributed by atoms with Gasteiger partial charge in [0.15, 0.2) is 0 Å². The van der Waals surface area contributed by atoms with Gasteiger partial charge in [0.05, 0.1) is 6.54 Å². The summed E-state index contributed by atoms with van der Waals surface area (Å²) in [6.45, 7) is 8.81. The number of carbonyl (C=O) groups is 1. The molecule has 2 aromatic rings. The van der Waals surface area contributed by atoms with Gasteiger partial charge in [-0.1, -0.05) is 42.5 Å². The van der Waals surface area contributed by atoms with Crippen molar-refractivity contribution < 1.29 is 9.90 Å². The first-order valence-electron chi connectivity index (χ1n) is 7.84. The van der Waals surface area contributed by atoms with Gasteiger partial charge < -0.3 is 10.0 Å². The van der Waals surface area contributed by atoms with E-state index in [1.807, 2.05) is 13.0 Å². The zero-order chi connectivity index (χ0) is 16.6. The Balaban J connectivity index is 1.79. The summed E-state index contributed by atoms with van der Waals surface area (Å²) in [5, 5.41) is 10.4. The average molecular weight is 307 g/mol. The first-order valence-corrected chi connectivity index (χ1v) is 7.84. The van der Waals surface area contributed by atoms with Gasteiger partial charge in [-0.3, -0.25) is 4.79 Å². The summed E-state index contributed by atoms with van der Waals surface area (Å²) in [5.41, 5.74) is 5.39. The summed E-state index contributed by atoms with van der Waals surface area (Å²) in [5.74, 6) is 0.197. The lowest BCUT2D eigenvalue weighted by molar-refractivity contribution is 0.0780. The molecule has 1 heterocycles. The minimum absolute atomic E-state index is 0.00104. The summed E-state index contributed by atoms with van der Waals surface area (Å²) in [6.07, 6.45) is 2.46. The van der Waals surface area contributed by atoms with Gasteiger partial charge in [0.1, 0.15) is 5.75 Å². The van der Waals surface area contributed by atoms with Crippen molar-refractivity contribution >= 4 is 12.0 Å². The summed E-state index contributed by atoms with van der Waals surface area (Å²) in [4.78, 5) is 14.4. The van der Waals surface area contributed by atoms with Crippen LogP contribution in [0.25, 0.3) is 6.08 Å². The first kappa shape index (κ1) is 15.3. The van der Waals surface area contributed by atoms with Crippen LogP contribution < -0.4 is 0 Å². The van der Waals surface area contributed by atoms with Gasteiger partial charge in [0, 0.05) is 23.2 Å². The molecule has 1 N–H and O–H groups in total. The number of fused-ring (bicyclic) bond motifs is 1. The highest BCUT2D eigenvalue weighted by atomic mass is 16.3. The van der Waals surface area contributed by atoms with Gasteiger partial charge in [-0.15, -0.1) is 0 Å². The van der Waals surface area contributed by atoms with Crippen LogP contribution in [0.3, 0.4) is 0 Å². The smallest absolute Gasteiger partial charge is 0.254 e. The van der Waals surface area contributed by atoms with E-state index in [0.29, 0.717) is 18.7 Å². The predicted octanol–water partition coefficient (Wildman–Crippen LogP) is 3.85. The molecule has 0 spiro atoms. The highest BCUT2D eigenvalue weighted by Crippen LogP contribution is 2.35. The van der Waals surface area contributed by atoms with E-state index in [0.717, 1.165) is 23.1 Å². The molecule has 118 valence electrons. The van der Waals surface area contributed by atoms with Crippen LogP contribution in [-0.4, -0.2) is 22.5 Å². The number of carbonyl (C=O) groups excluding carboxylic acids is 1. The minimum Gasteiger partial charge on any atom is -0.507 e. The lowest BCUT2D eigenvalue weighted by atomic mass is 9.99. The number of hydrogen-bond donors (Lipinski definition) is 1. The van der Waals surface area contributed by atoms with Crippen LogP contribution in [0.4, 0.5) is 0 Å². The van der Waals surface area contributed by atoms with Crippen molar-refractivity contribution in [3.8, 4) is 5.75 Å². The highest BCUT2D eigenvalue weighted by molar-refractivity contribution is 6.00. The fourth-order valence-electron chi connectivity index (χ4n) is 3.10. The standard InChI is InChI=1S/C20H21NO2/c1-4-16-14(3)11-17-18(19(16)22)12-21(20(17)23)10-9-15-7-5-13(2)6-8-15/h4-8,11,22H,1,9-10,12H2,2-3H3. The number of aromatic hydroxyl groups is 1. The van der Waals surface area contributed by atoms with E-state index in [9.17, 15) is 9.90 Å². The van der Waals surface area contributed by atoms with E-state index in [1.165, 1.54) is 11.1 Å². The number of hydrogen-bond acceptors (Lipinski definition) is 2. The van der Waals surface area contributed by atoms with E-state index in [-0.39, 0.29) is 11.7 Å². The van der Waals surface area contributed by atoms with Gasteiger partial charge >= 0.3 is 0 Å². The Morgan fingerprint density at radius 1 is 1.26 bits per heavy atom. The molecule has 0 fully saturated rings. The Hall–Kier alpha value is -2.55. The number of amides is 1. The minimum atomic E-state index is 0.00104. The third-order valence-electron chi connectivity index (χ3n) is 4.51. The summed E-state index contributed by atoms with van der Waals surface area (Å²) in [7, 11) is 0. The molecule has 1 amide bonds. The molecular formula is C20H21NO2. The summed E-state index contributed by atoms with van der Waals surface area (Å²) >= 11 is 0. The zero-order valence-corrected chi connectivity index (χ0v) is 13.6. The van der Waals surface area contributed by atoms with Crippen LogP contribution in [-0.2, 0) is 13.0 Å². The molecule has 0 atom stereocenters. The molecule has 0 bridgehead atoms. The molecule has 1 aliphatic rings. The molecular weight excluding hydrogens is 286 g/mol. The number of rotatable bonds is 4. The van der Waals surface area contributed by atoms with Crippen LogP contribution in [0, 0.1) is 13.8 Å². The lowest BCUT2D eigenvalue weighted by Crippen LogP contribution is -2.26. The maximum absolute atomic E-state index is 12.6. The van der Waals surface area contributed by atoms with E-state index in [1.54, 1.807) is 11.0 Å². The van der Waals surface area contributed by atoms with Gasteiger partial charge in [-0.2, -0.15) is 0 Å². The quantitative estimate of drug-likeness (QED) is 0.932. The molecule has 0 aromatic heterocycles. The van der Waals surface area contributed by atoms with Crippen LogP contribution in [0.2, 0.25) is 0 Å². The van der Waals surface area contributed by atoms with E-state index < -0.39 is 0 Å². The highest BCUT2D eigenvalue weighted by Gasteiger charge is 2.30. The fraction of sp³-hybridized carbons (Fsp3) is 0.250. The van der Waals surface area contributed by atoms with Crippen molar-refractivity contribution in [3.05, 3.63) is 70.3 Å². The topological polar surface area (TPSA) is 40.5 Å². The Morgan fingerprint density at radius 2 is 1.96 bits per heavy atom. The Bertz CT molecular complexity index is 775. The molecule has 23 heavy (non-hydrogen) atoms. The molecule has 2 aromatic carbocycles. The van der Waals surface area contributed by atoms with Crippen LogP contribution in [0.1, 0.15) is 38.2 Å². The number of benzene rings is 2. The molecule has 3 rings (SSSR count). The van der Waals surface area contributed by atoms with E-state index in [4.69, 9.17) is 0 Å². The Labute approximate surface area is 136 Å². The molecule has 3 heteroatoms. The van der Waals surface area contributed by atoms with Gasteiger partial charge in [-0.05, 0) is 37.5 Å². The van der Waals surface area contributed by atoms with Crippen molar-refractivity contribution in [1.82, 2.24) is 4.90 Å². The van der Waals surface area contributed by atoms with Crippen molar-refractivity contribution in [2.75, 3.05) is 6.54 Å². The molecule has 3 nitrogen and oxygen atoms in total. The molecule has 0 aliphatic carbocycles. The van der Waals surface area contributed by atoms with Crippen molar-refractivity contribution in [1.29, 1.82) is 0 Å². The van der Waals surface area contributed by atoms with Crippen LogP contribution in [0.15, 0.2) is 36.9 Å². The number of phenols is 1. The Kier molecular flexibility index (Phi) is 3.95. The lowest BCUT2D eigenvalue weighted by Gasteiger charge is -2.15. The van der Waals surface area contributed by atoms with Crippen molar-refractivity contribution in [3.63, 3.8) is 0 Å². The number of phenolic OH excluding ortho intramolecular Hbond substituents is 1. The van der Waals surface area contributed by atoms with Crippen LogP contribution >= 0.6 is 0 Å². The van der Waals surface area contributed by atoms with Gasteiger partial charge in [0.25, 0.3) is 5.91 Å². The third kappa shape index (κ3) is 2.74. The normalized spacial score (nSPS) is 13.3. The number of nitrogens with zero attached hydrogens (tertiary/aromatic N) is 1. The van der Waals surface area contributed by atoms with Gasteiger partial charge in [-0.25, -0.2) is 0 Å². The molecule has 0 radical (unpaired) electrons. The zero-order valence-electron chi connectivity index (χ0n) is 13.6. The SMILES string of the molecule is C=Cc1c(C)cc2c(c1O)CN(CCc1ccc(C)cc1)C2=O. The monoisotopic (exact) mass is 307 g/mol. The second kappa shape index (κ2) is 5.92. The fourth-order valence-corrected chi connectivity index (χ4v) is 3.10. The predicted molar refractivity (Wildman–Crippen MR) is 92.6 cm³/mol. The number of aryl methyl sites for hydroxylation is 2. The maximum Gasteiger partial charge on any atom is 0.254 e. The third-order valence-corrected chi connectivity index (χ3v) is 4.51. The average Bonchev–Trinajstić information content (AvgIpc) is 2.84. The molecule has 0 saturated heterocycles. The molecule has 0 saturated carbocycles. The molecule has 1 aliphatic heterocycles. The maximum atomic E-state index is 12.6. The van der Waals surface area contributed by atoms with Crippen molar-refractivity contribution in [2.24, 2.45) is 0 Å². The Morgan fingerprint density at radius 3 is 2.61 bits per heavy atom. The second-order valence-corrected chi connectivity index (χ2v) is 6.15. The van der Waals surface area contributed by atoms with E-state index >= 15 is 0 Å². The van der Waals surface area contributed by atoms with Gasteiger partial charge in [0.2, 0.25) is 0 Å². The first-order chi connectivity index (χ1) is 11.0. The van der Waals surface area contributed by atoms with E-state index in [2.05, 4.69) is 37.8 Å². The molecule has 0 unspecified atom stereocenters. The van der Waals surface area contributed by atoms with Crippen molar-refractivity contribution in [2.45, 2.75) is 26.8 Å².